The van der Waals surface area contributed by atoms with Gasteiger partial charge in [0.25, 0.3) is 0 Å². The summed E-state index contributed by atoms with van der Waals surface area (Å²) in [6.07, 6.45) is 8.92. The van der Waals surface area contributed by atoms with Crippen LogP contribution in [0, 0.1) is 12.3 Å². The molecule has 0 aromatic heterocycles. The molecule has 0 unspecified atom stereocenters. The predicted molar refractivity (Wildman–Crippen MR) is 173 cm³/mol. The third kappa shape index (κ3) is 9.53. The number of carbonyl (C=O) groups excluding carboxylic acids is 2. The van der Waals surface area contributed by atoms with Crippen molar-refractivity contribution in [1.82, 2.24) is 10.2 Å². The minimum Gasteiger partial charge on any atom is -0.463 e. The van der Waals surface area contributed by atoms with Gasteiger partial charge < -0.3 is 43.4 Å². The first kappa shape index (κ1) is 34.4. The van der Waals surface area contributed by atoms with E-state index < -0.39 is 11.6 Å². The van der Waals surface area contributed by atoms with Gasteiger partial charge >= 0.3 is 12.2 Å². The molecule has 1 N–H and O–H groups in total. The number of cyclic esters (lactones) is 2. The molecule has 11 heteroatoms. The van der Waals surface area contributed by atoms with Gasteiger partial charge in [-0.1, -0.05) is 25.0 Å². The van der Waals surface area contributed by atoms with Gasteiger partial charge in [0.1, 0.15) is 23.7 Å². The molecule has 2 atom stereocenters. The van der Waals surface area contributed by atoms with Crippen molar-refractivity contribution in [2.75, 3.05) is 32.8 Å². The lowest BCUT2D eigenvalue weighted by Gasteiger charge is -2.32. The maximum absolute atomic E-state index is 12.2. The lowest BCUT2D eigenvalue weighted by atomic mass is 10.0. The summed E-state index contributed by atoms with van der Waals surface area (Å²) in [6.45, 7) is 11.7. The number of ether oxygens (including phenoxy) is 7. The highest BCUT2D eigenvalue weighted by molar-refractivity contribution is 5.70. The van der Waals surface area contributed by atoms with Gasteiger partial charge in [-0.3, -0.25) is 0 Å². The normalized spacial score (nSPS) is 21.8. The maximum atomic E-state index is 12.2. The lowest BCUT2D eigenvalue weighted by Crippen LogP contribution is -2.35. The van der Waals surface area contributed by atoms with Crippen LogP contribution in [-0.2, 0) is 36.9 Å². The number of nitrogens with zero attached hydrogens (tertiary/aromatic N) is 1. The molecule has 0 bridgehead atoms. The SMILES string of the molecule is C#CCCOCCCCCCN1C[C@@H](c2ccc3c(c2)COC(C)(C)O3)OC1=O.CC1(C)OCc2cc([C@@H]3CNC(=O)O3)ccc2O1. The maximum Gasteiger partial charge on any atom is 0.410 e. The molecular weight excluding hydrogens is 604 g/mol. The van der Waals surface area contributed by atoms with Crippen molar-refractivity contribution < 1.29 is 42.7 Å². The van der Waals surface area contributed by atoms with E-state index in [1.165, 1.54) is 0 Å². The zero-order chi connectivity index (χ0) is 33.4. The Hall–Kier alpha value is -3.98. The van der Waals surface area contributed by atoms with Crippen LogP contribution in [0.2, 0.25) is 0 Å². The number of benzene rings is 2. The second-order valence-electron chi connectivity index (χ2n) is 12.9. The number of fused-ring (bicyclic) bond motifs is 2. The predicted octanol–water partition coefficient (Wildman–Crippen LogP) is 6.54. The number of terminal acetylenes is 1. The average Bonchev–Trinajstić information content (AvgIpc) is 3.64. The molecule has 2 aromatic carbocycles. The number of nitrogens with one attached hydrogen (secondary N) is 1. The van der Waals surface area contributed by atoms with Gasteiger partial charge in [0.15, 0.2) is 0 Å². The number of amides is 2. The van der Waals surface area contributed by atoms with Crippen molar-refractivity contribution in [1.29, 1.82) is 0 Å². The van der Waals surface area contributed by atoms with Gasteiger partial charge in [-0.2, -0.15) is 0 Å². The van der Waals surface area contributed by atoms with E-state index in [4.69, 9.17) is 39.6 Å². The third-order valence-electron chi connectivity index (χ3n) is 8.20. The largest absolute Gasteiger partial charge is 0.463 e. The fourth-order valence-corrected chi connectivity index (χ4v) is 5.65. The second-order valence-corrected chi connectivity index (χ2v) is 12.9. The molecule has 0 aliphatic carbocycles. The highest BCUT2D eigenvalue weighted by atomic mass is 16.7. The van der Waals surface area contributed by atoms with E-state index in [9.17, 15) is 9.59 Å². The van der Waals surface area contributed by atoms with E-state index in [0.29, 0.717) is 39.3 Å². The molecule has 4 aliphatic rings. The minimum atomic E-state index is -0.612. The molecule has 47 heavy (non-hydrogen) atoms. The summed E-state index contributed by atoms with van der Waals surface area (Å²) in [5, 5.41) is 2.64. The lowest BCUT2D eigenvalue weighted by molar-refractivity contribution is -0.180. The number of alkyl carbamates (subject to hydrolysis) is 1. The summed E-state index contributed by atoms with van der Waals surface area (Å²) in [7, 11) is 0. The fraction of sp³-hybridized carbons (Fsp3) is 0.556. The van der Waals surface area contributed by atoms with Crippen LogP contribution in [0.3, 0.4) is 0 Å². The molecule has 4 aliphatic heterocycles. The van der Waals surface area contributed by atoms with Crippen molar-refractivity contribution in [3.63, 3.8) is 0 Å². The van der Waals surface area contributed by atoms with Crippen molar-refractivity contribution in [2.45, 2.75) is 96.8 Å². The van der Waals surface area contributed by atoms with Gasteiger partial charge in [0.05, 0.1) is 32.9 Å². The van der Waals surface area contributed by atoms with Crippen LogP contribution in [0.5, 0.6) is 11.5 Å². The van der Waals surface area contributed by atoms with Crippen LogP contribution >= 0.6 is 0 Å². The zero-order valence-corrected chi connectivity index (χ0v) is 27.8. The standard InChI is InChI=1S/C23H31NO5.C13H15NO4/c1-4-5-13-26-14-9-7-6-8-12-24-16-21(28-22(24)25)18-10-11-20-19(15-18)17-27-23(2,3)29-20;1-13(2)16-7-9-5-8(3-4-10(9)18-13)11-6-14-12(15)17-11/h1,10-11,15,21H,5-9,12-14,16-17H2,2-3H3;3-5,11H,6-7H2,1-2H3,(H,14,15)/t21-;11-/m00/s1. The Labute approximate surface area is 277 Å². The van der Waals surface area contributed by atoms with Gasteiger partial charge in [-0.15, -0.1) is 12.3 Å². The molecule has 2 fully saturated rings. The number of rotatable bonds is 11. The first-order valence-corrected chi connectivity index (χ1v) is 16.3. The van der Waals surface area contributed by atoms with Crippen LogP contribution in [-0.4, -0.2) is 61.5 Å². The first-order chi connectivity index (χ1) is 22.5. The average molecular weight is 651 g/mol. The van der Waals surface area contributed by atoms with Gasteiger partial charge in [0, 0.05) is 58.4 Å². The summed E-state index contributed by atoms with van der Waals surface area (Å²) in [4.78, 5) is 25.0. The molecule has 6 rings (SSSR count). The van der Waals surface area contributed by atoms with Crippen molar-refractivity contribution >= 4 is 12.2 Å². The van der Waals surface area contributed by atoms with Gasteiger partial charge in [-0.05, 0) is 48.2 Å². The first-order valence-electron chi connectivity index (χ1n) is 16.3. The Kier molecular flexibility index (Phi) is 11.2. The number of hydrogen-bond acceptors (Lipinski definition) is 9. The van der Waals surface area contributed by atoms with Crippen LogP contribution in [0.1, 0.15) is 94.3 Å². The smallest absolute Gasteiger partial charge is 0.410 e. The van der Waals surface area contributed by atoms with E-state index in [2.05, 4.69) is 11.2 Å². The molecule has 11 nitrogen and oxygen atoms in total. The van der Waals surface area contributed by atoms with Crippen LogP contribution in [0.15, 0.2) is 36.4 Å². The minimum absolute atomic E-state index is 0.224. The van der Waals surface area contributed by atoms with E-state index in [0.717, 1.165) is 72.6 Å². The van der Waals surface area contributed by atoms with E-state index in [1.807, 2.05) is 64.1 Å². The van der Waals surface area contributed by atoms with Crippen molar-refractivity contribution in [2.24, 2.45) is 0 Å². The summed E-state index contributed by atoms with van der Waals surface area (Å²) in [6, 6.07) is 11.7. The Morgan fingerprint density at radius 3 is 2.06 bits per heavy atom. The fourth-order valence-electron chi connectivity index (χ4n) is 5.65. The van der Waals surface area contributed by atoms with E-state index >= 15 is 0 Å². The highest BCUT2D eigenvalue weighted by Crippen LogP contribution is 2.36. The third-order valence-corrected chi connectivity index (χ3v) is 8.20. The molecule has 0 saturated carbocycles. The van der Waals surface area contributed by atoms with Crippen LogP contribution in [0.25, 0.3) is 0 Å². The Balaban J connectivity index is 0.000000205. The topological polar surface area (TPSA) is 114 Å². The molecule has 2 saturated heterocycles. The molecule has 254 valence electrons. The van der Waals surface area contributed by atoms with Gasteiger partial charge in [-0.25, -0.2) is 9.59 Å². The summed E-state index contributed by atoms with van der Waals surface area (Å²) in [5.41, 5.74) is 3.91. The summed E-state index contributed by atoms with van der Waals surface area (Å²) >= 11 is 0. The molecule has 2 amide bonds. The highest BCUT2D eigenvalue weighted by Gasteiger charge is 2.34. The zero-order valence-electron chi connectivity index (χ0n) is 27.8. The molecular formula is C36H46N2O9. The van der Waals surface area contributed by atoms with E-state index in [-0.39, 0.29) is 24.4 Å². The Morgan fingerprint density at radius 1 is 0.851 bits per heavy atom. The van der Waals surface area contributed by atoms with E-state index in [1.54, 1.807) is 4.90 Å². The monoisotopic (exact) mass is 650 g/mol. The summed E-state index contributed by atoms with van der Waals surface area (Å²) < 4.78 is 39.0. The van der Waals surface area contributed by atoms with Crippen LogP contribution < -0.4 is 14.8 Å². The van der Waals surface area contributed by atoms with Crippen molar-refractivity contribution in [3.8, 4) is 23.8 Å². The Morgan fingerprint density at radius 2 is 1.47 bits per heavy atom. The quantitative estimate of drug-likeness (QED) is 0.214. The number of hydrogen-bond donors (Lipinski definition) is 1. The second kappa shape index (κ2) is 15.3. The number of carbonyl (C=O) groups is 2. The van der Waals surface area contributed by atoms with Gasteiger partial charge in [0.2, 0.25) is 11.6 Å². The van der Waals surface area contributed by atoms with Crippen molar-refractivity contribution in [3.05, 3.63) is 58.7 Å². The molecule has 0 radical (unpaired) electrons. The summed E-state index contributed by atoms with van der Waals surface area (Å²) in [5.74, 6) is 3.02. The number of unbranched alkanes of at least 4 members (excludes halogenated alkanes) is 3. The molecule has 0 spiro atoms. The molecule has 4 heterocycles. The van der Waals surface area contributed by atoms with Crippen LogP contribution in [0.4, 0.5) is 9.59 Å². The Bertz CT molecular complexity index is 1450. The molecule has 2 aromatic rings.